The van der Waals surface area contributed by atoms with E-state index in [1.54, 1.807) is 17.4 Å². The Morgan fingerprint density at radius 2 is 2.00 bits per heavy atom. The fourth-order valence-electron chi connectivity index (χ4n) is 2.52. The number of hydrogen-bond donors (Lipinski definition) is 1. The minimum Gasteiger partial charge on any atom is -0.348 e. The summed E-state index contributed by atoms with van der Waals surface area (Å²) in [5, 5.41) is 9.47. The zero-order chi connectivity index (χ0) is 16.9. The van der Waals surface area contributed by atoms with E-state index in [1.165, 1.54) is 0 Å². The Labute approximate surface area is 145 Å². The Balaban J connectivity index is 1.73. The van der Waals surface area contributed by atoms with Crippen LogP contribution in [-0.2, 0) is 11.3 Å². The Kier molecular flexibility index (Phi) is 4.91. The monoisotopic (exact) mass is 337 g/mol. The third-order valence-electron chi connectivity index (χ3n) is 3.77. The number of aryl methyl sites for hydroxylation is 1. The first-order chi connectivity index (χ1) is 11.6. The molecule has 0 bridgehead atoms. The second-order valence-corrected chi connectivity index (χ2v) is 6.49. The highest BCUT2D eigenvalue weighted by Crippen LogP contribution is 2.19. The molecule has 3 aromatic rings. The topological polar surface area (TPSA) is 46.9 Å². The van der Waals surface area contributed by atoms with Gasteiger partial charge in [-0.25, -0.2) is 4.68 Å². The van der Waals surface area contributed by atoms with Crippen LogP contribution in [0.15, 0.2) is 53.9 Å². The van der Waals surface area contributed by atoms with Crippen molar-refractivity contribution in [2.24, 2.45) is 0 Å². The van der Waals surface area contributed by atoms with Crippen LogP contribution in [0.1, 0.15) is 21.8 Å². The van der Waals surface area contributed by atoms with Crippen molar-refractivity contribution in [2.45, 2.75) is 20.4 Å². The molecule has 3 rings (SSSR count). The molecule has 0 unspecified atom stereocenters. The number of rotatable bonds is 5. The van der Waals surface area contributed by atoms with Gasteiger partial charge in [-0.15, -0.1) is 11.3 Å². The Bertz CT molecular complexity index is 848. The van der Waals surface area contributed by atoms with Crippen molar-refractivity contribution in [1.29, 1.82) is 0 Å². The van der Waals surface area contributed by atoms with Gasteiger partial charge in [0.2, 0.25) is 5.91 Å². The largest absolute Gasteiger partial charge is 0.348 e. The molecule has 1 aromatic carbocycles. The molecular formula is C19H19N3OS. The molecule has 2 aromatic heterocycles. The molecule has 0 aliphatic heterocycles. The molecule has 2 heterocycles. The molecule has 0 saturated carbocycles. The van der Waals surface area contributed by atoms with Crippen LogP contribution in [0.25, 0.3) is 11.8 Å². The van der Waals surface area contributed by atoms with E-state index >= 15 is 0 Å². The van der Waals surface area contributed by atoms with E-state index in [1.807, 2.05) is 72.4 Å². The van der Waals surface area contributed by atoms with Crippen molar-refractivity contribution in [3.63, 3.8) is 0 Å². The third kappa shape index (κ3) is 3.63. The molecule has 0 saturated heterocycles. The van der Waals surface area contributed by atoms with E-state index in [9.17, 15) is 4.79 Å². The maximum absolute atomic E-state index is 12.0. The summed E-state index contributed by atoms with van der Waals surface area (Å²) >= 11 is 1.63. The summed E-state index contributed by atoms with van der Waals surface area (Å²) in [6.07, 6.45) is 3.40. The van der Waals surface area contributed by atoms with Crippen molar-refractivity contribution >= 4 is 23.3 Å². The second-order valence-electron chi connectivity index (χ2n) is 5.46. The lowest BCUT2D eigenvalue weighted by atomic mass is 10.2. The molecule has 122 valence electrons. The standard InChI is InChI=1S/C19H19N3OS/c1-14-18(10-11-19(23)20-13-17-9-6-12-24-17)15(2)22(21-14)16-7-4-3-5-8-16/h3-12H,13H2,1-2H3,(H,20,23)/b11-10+. The quantitative estimate of drug-likeness (QED) is 0.718. The zero-order valence-corrected chi connectivity index (χ0v) is 14.5. The van der Waals surface area contributed by atoms with E-state index < -0.39 is 0 Å². The van der Waals surface area contributed by atoms with Crippen molar-refractivity contribution < 1.29 is 4.79 Å². The van der Waals surface area contributed by atoms with Crippen LogP contribution in [0.5, 0.6) is 0 Å². The van der Waals surface area contributed by atoms with Crippen LogP contribution >= 0.6 is 11.3 Å². The van der Waals surface area contributed by atoms with E-state index in [0.717, 1.165) is 27.5 Å². The van der Waals surface area contributed by atoms with Crippen LogP contribution in [0, 0.1) is 13.8 Å². The first kappa shape index (κ1) is 16.2. The van der Waals surface area contributed by atoms with Crippen molar-refractivity contribution in [2.75, 3.05) is 0 Å². The van der Waals surface area contributed by atoms with Gasteiger partial charge in [-0.2, -0.15) is 5.10 Å². The second kappa shape index (κ2) is 7.27. The molecular weight excluding hydrogens is 318 g/mol. The van der Waals surface area contributed by atoms with Crippen molar-refractivity contribution in [3.8, 4) is 5.69 Å². The van der Waals surface area contributed by atoms with Crippen molar-refractivity contribution in [1.82, 2.24) is 15.1 Å². The number of nitrogens with one attached hydrogen (secondary N) is 1. The fourth-order valence-corrected chi connectivity index (χ4v) is 3.17. The number of carbonyl (C=O) groups excluding carboxylic acids is 1. The van der Waals surface area contributed by atoms with Crippen LogP contribution in [0.4, 0.5) is 0 Å². The zero-order valence-electron chi connectivity index (χ0n) is 13.7. The summed E-state index contributed by atoms with van der Waals surface area (Å²) < 4.78 is 1.90. The average molecular weight is 337 g/mol. The molecule has 0 aliphatic carbocycles. The first-order valence-corrected chi connectivity index (χ1v) is 8.63. The number of para-hydroxylation sites is 1. The van der Waals surface area contributed by atoms with Gasteiger partial charge in [0.15, 0.2) is 0 Å². The number of carbonyl (C=O) groups is 1. The Morgan fingerprint density at radius 3 is 2.71 bits per heavy atom. The van der Waals surface area contributed by atoms with E-state index in [0.29, 0.717) is 6.54 Å². The number of thiophene rings is 1. The summed E-state index contributed by atoms with van der Waals surface area (Å²) in [5.74, 6) is -0.102. The van der Waals surface area contributed by atoms with E-state index in [4.69, 9.17) is 0 Å². The maximum atomic E-state index is 12.0. The Morgan fingerprint density at radius 1 is 1.21 bits per heavy atom. The number of nitrogens with zero attached hydrogens (tertiary/aromatic N) is 2. The minimum atomic E-state index is -0.102. The fraction of sp³-hybridized carbons (Fsp3) is 0.158. The number of hydrogen-bond acceptors (Lipinski definition) is 3. The van der Waals surface area contributed by atoms with Crippen LogP contribution in [0.3, 0.4) is 0 Å². The SMILES string of the molecule is Cc1nn(-c2ccccc2)c(C)c1/C=C/C(=O)NCc1cccs1. The normalized spacial score (nSPS) is 11.1. The summed E-state index contributed by atoms with van der Waals surface area (Å²) in [6, 6.07) is 14.0. The van der Waals surface area contributed by atoms with Gasteiger partial charge < -0.3 is 5.32 Å². The molecule has 4 nitrogen and oxygen atoms in total. The van der Waals surface area contributed by atoms with E-state index in [2.05, 4.69) is 10.4 Å². The molecule has 1 amide bonds. The van der Waals surface area contributed by atoms with Gasteiger partial charge in [-0.05, 0) is 43.5 Å². The lowest BCUT2D eigenvalue weighted by Gasteiger charge is -2.03. The van der Waals surface area contributed by atoms with Gasteiger partial charge in [0.1, 0.15) is 0 Å². The van der Waals surface area contributed by atoms with E-state index in [-0.39, 0.29) is 5.91 Å². The molecule has 0 spiro atoms. The number of aromatic nitrogens is 2. The molecule has 0 radical (unpaired) electrons. The minimum absolute atomic E-state index is 0.102. The van der Waals surface area contributed by atoms with Gasteiger partial charge in [0, 0.05) is 22.2 Å². The lowest BCUT2D eigenvalue weighted by molar-refractivity contribution is -0.116. The maximum Gasteiger partial charge on any atom is 0.244 e. The predicted molar refractivity (Wildman–Crippen MR) is 98.2 cm³/mol. The first-order valence-electron chi connectivity index (χ1n) is 7.75. The van der Waals surface area contributed by atoms with Crippen LogP contribution in [0.2, 0.25) is 0 Å². The van der Waals surface area contributed by atoms with Crippen LogP contribution < -0.4 is 5.32 Å². The third-order valence-corrected chi connectivity index (χ3v) is 4.64. The highest BCUT2D eigenvalue weighted by Gasteiger charge is 2.10. The average Bonchev–Trinajstić information content (AvgIpc) is 3.21. The van der Waals surface area contributed by atoms with Gasteiger partial charge in [0.05, 0.1) is 17.9 Å². The molecule has 24 heavy (non-hydrogen) atoms. The summed E-state index contributed by atoms with van der Waals surface area (Å²) in [5.41, 5.74) is 3.91. The Hall–Kier alpha value is -2.66. The lowest BCUT2D eigenvalue weighted by Crippen LogP contribution is -2.19. The highest BCUT2D eigenvalue weighted by atomic mass is 32.1. The van der Waals surface area contributed by atoms with Gasteiger partial charge in [-0.3, -0.25) is 4.79 Å². The number of amides is 1. The molecule has 1 N–H and O–H groups in total. The van der Waals surface area contributed by atoms with Gasteiger partial charge in [0.25, 0.3) is 0 Å². The molecule has 0 fully saturated rings. The van der Waals surface area contributed by atoms with Crippen LogP contribution in [-0.4, -0.2) is 15.7 Å². The summed E-state index contributed by atoms with van der Waals surface area (Å²) in [6.45, 7) is 4.52. The molecule has 0 aliphatic rings. The highest BCUT2D eigenvalue weighted by molar-refractivity contribution is 7.09. The number of benzene rings is 1. The smallest absolute Gasteiger partial charge is 0.244 e. The molecule has 0 atom stereocenters. The predicted octanol–water partition coefficient (Wildman–Crippen LogP) is 3.88. The summed E-state index contributed by atoms with van der Waals surface area (Å²) in [4.78, 5) is 13.1. The van der Waals surface area contributed by atoms with Gasteiger partial charge >= 0.3 is 0 Å². The summed E-state index contributed by atoms with van der Waals surface area (Å²) in [7, 11) is 0. The molecule has 5 heteroatoms. The van der Waals surface area contributed by atoms with Gasteiger partial charge in [-0.1, -0.05) is 24.3 Å². The van der Waals surface area contributed by atoms with Crippen molar-refractivity contribution in [3.05, 3.63) is 75.7 Å².